The van der Waals surface area contributed by atoms with Crippen LogP contribution in [0, 0.1) is 5.92 Å². The molecule has 0 bridgehead atoms. The molecule has 0 aliphatic heterocycles. The lowest BCUT2D eigenvalue weighted by atomic mass is 9.79. The molecule has 2 rings (SSSR count). The Morgan fingerprint density at radius 1 is 1.50 bits per heavy atom. The molecular weight excluding hydrogens is 172 g/mol. The van der Waals surface area contributed by atoms with E-state index in [0.29, 0.717) is 12.3 Å². The van der Waals surface area contributed by atoms with Crippen LogP contribution in [-0.2, 0) is 4.79 Å². The third kappa shape index (κ3) is 1.22. The van der Waals surface area contributed by atoms with Crippen LogP contribution in [0.4, 0.5) is 0 Å². The lowest BCUT2D eigenvalue weighted by Crippen LogP contribution is -2.29. The Balaban J connectivity index is 2.27. The first-order valence-electron chi connectivity index (χ1n) is 4.32. The van der Waals surface area contributed by atoms with Gasteiger partial charge in [-0.1, -0.05) is 18.2 Å². The summed E-state index contributed by atoms with van der Waals surface area (Å²) in [7, 11) is 0. The third-order valence-electron chi connectivity index (χ3n) is 2.63. The van der Waals surface area contributed by atoms with Crippen LogP contribution >= 0.6 is 11.6 Å². The fourth-order valence-electron chi connectivity index (χ4n) is 1.90. The summed E-state index contributed by atoms with van der Waals surface area (Å²) in [5.41, 5.74) is 1.13. The lowest BCUT2D eigenvalue weighted by molar-refractivity contribution is -0.119. The van der Waals surface area contributed by atoms with Crippen LogP contribution in [0.15, 0.2) is 23.8 Å². The van der Waals surface area contributed by atoms with E-state index >= 15 is 0 Å². The second kappa shape index (κ2) is 3.06. The minimum absolute atomic E-state index is 0.189. The van der Waals surface area contributed by atoms with Gasteiger partial charge in [-0.15, -0.1) is 11.6 Å². The molecule has 0 amide bonds. The highest BCUT2D eigenvalue weighted by molar-refractivity contribution is 6.33. The Kier molecular flexibility index (Phi) is 2.05. The number of allylic oxidation sites excluding steroid dienone is 4. The second-order valence-corrected chi connectivity index (χ2v) is 3.83. The molecule has 0 radical (unpaired) electrons. The van der Waals surface area contributed by atoms with Crippen LogP contribution in [0.1, 0.15) is 19.3 Å². The number of Topliss-reactive ketones (excluding diaryl/α,β-unsaturated/α-hetero) is 1. The molecular formula is C10H11ClO. The summed E-state index contributed by atoms with van der Waals surface area (Å²) in [5, 5.41) is -0.339. The van der Waals surface area contributed by atoms with Crippen molar-refractivity contribution in [2.24, 2.45) is 5.92 Å². The van der Waals surface area contributed by atoms with Gasteiger partial charge in [-0.25, -0.2) is 0 Å². The highest BCUT2D eigenvalue weighted by Gasteiger charge is 2.31. The Morgan fingerprint density at radius 3 is 3.17 bits per heavy atom. The van der Waals surface area contributed by atoms with Gasteiger partial charge < -0.3 is 0 Å². The number of halogens is 1. The number of alkyl halides is 1. The maximum absolute atomic E-state index is 11.3. The zero-order chi connectivity index (χ0) is 8.55. The molecule has 0 aromatic carbocycles. The summed E-state index contributed by atoms with van der Waals surface area (Å²) in [5.74, 6) is 0.727. The summed E-state index contributed by atoms with van der Waals surface area (Å²) in [6, 6.07) is 0. The normalized spacial score (nSPS) is 34.4. The molecule has 0 aromatic heterocycles. The van der Waals surface area contributed by atoms with Gasteiger partial charge in [-0.3, -0.25) is 4.79 Å². The first-order valence-corrected chi connectivity index (χ1v) is 4.76. The van der Waals surface area contributed by atoms with Gasteiger partial charge in [-0.2, -0.15) is 0 Å². The van der Waals surface area contributed by atoms with E-state index in [1.165, 1.54) is 0 Å². The quantitative estimate of drug-likeness (QED) is 0.526. The van der Waals surface area contributed by atoms with Crippen molar-refractivity contribution in [3.05, 3.63) is 23.8 Å². The third-order valence-corrected chi connectivity index (χ3v) is 3.13. The van der Waals surface area contributed by atoms with Gasteiger partial charge in [0.05, 0.1) is 0 Å². The SMILES string of the molecule is O=C1CCC2CC=CC=C2C1Cl. The first-order chi connectivity index (χ1) is 5.79. The zero-order valence-corrected chi connectivity index (χ0v) is 7.55. The smallest absolute Gasteiger partial charge is 0.154 e. The molecule has 0 spiro atoms. The molecule has 2 aliphatic carbocycles. The zero-order valence-electron chi connectivity index (χ0n) is 6.79. The Labute approximate surface area is 77.1 Å². The summed E-state index contributed by atoms with van der Waals surface area (Å²) >= 11 is 5.99. The maximum Gasteiger partial charge on any atom is 0.154 e. The summed E-state index contributed by atoms with van der Waals surface area (Å²) in [4.78, 5) is 11.3. The van der Waals surface area contributed by atoms with E-state index in [0.717, 1.165) is 18.4 Å². The molecule has 12 heavy (non-hydrogen) atoms. The summed E-state index contributed by atoms with van der Waals surface area (Å²) < 4.78 is 0. The minimum atomic E-state index is -0.339. The van der Waals surface area contributed by atoms with Crippen LogP contribution in [0.3, 0.4) is 0 Å². The molecule has 2 heteroatoms. The van der Waals surface area contributed by atoms with E-state index in [1.807, 2.05) is 12.2 Å². The lowest BCUT2D eigenvalue weighted by Gasteiger charge is -2.29. The van der Waals surface area contributed by atoms with Gasteiger partial charge >= 0.3 is 0 Å². The molecule has 2 aliphatic rings. The number of fused-ring (bicyclic) bond motifs is 1. The molecule has 0 aromatic rings. The number of carbonyl (C=O) groups is 1. The fraction of sp³-hybridized carbons (Fsp3) is 0.500. The van der Waals surface area contributed by atoms with E-state index in [4.69, 9.17) is 11.6 Å². The molecule has 0 saturated heterocycles. The molecule has 64 valence electrons. The van der Waals surface area contributed by atoms with Gasteiger partial charge in [0.1, 0.15) is 5.38 Å². The number of ketones is 1. The number of rotatable bonds is 0. The highest BCUT2D eigenvalue weighted by Crippen LogP contribution is 2.35. The van der Waals surface area contributed by atoms with Gasteiger partial charge in [0, 0.05) is 6.42 Å². The molecule has 1 saturated carbocycles. The van der Waals surface area contributed by atoms with Crippen molar-refractivity contribution in [2.45, 2.75) is 24.6 Å². The molecule has 1 nitrogen and oxygen atoms in total. The summed E-state index contributed by atoms with van der Waals surface area (Å²) in [6.07, 6.45) is 8.85. The number of carbonyl (C=O) groups excluding carboxylic acids is 1. The van der Waals surface area contributed by atoms with Crippen LogP contribution in [0.25, 0.3) is 0 Å². The monoisotopic (exact) mass is 182 g/mol. The largest absolute Gasteiger partial charge is 0.298 e. The van der Waals surface area contributed by atoms with Gasteiger partial charge in [0.25, 0.3) is 0 Å². The fourth-order valence-corrected chi connectivity index (χ4v) is 2.26. The molecule has 2 atom stereocenters. The van der Waals surface area contributed by atoms with Gasteiger partial charge in [-0.05, 0) is 24.3 Å². The van der Waals surface area contributed by atoms with Crippen LogP contribution < -0.4 is 0 Å². The van der Waals surface area contributed by atoms with E-state index in [9.17, 15) is 4.79 Å². The van der Waals surface area contributed by atoms with Crippen molar-refractivity contribution in [3.8, 4) is 0 Å². The van der Waals surface area contributed by atoms with Crippen molar-refractivity contribution in [2.75, 3.05) is 0 Å². The van der Waals surface area contributed by atoms with Crippen molar-refractivity contribution < 1.29 is 4.79 Å². The molecule has 0 heterocycles. The van der Waals surface area contributed by atoms with Crippen molar-refractivity contribution in [1.29, 1.82) is 0 Å². The Hall–Kier alpha value is -0.560. The number of hydrogen-bond acceptors (Lipinski definition) is 1. The standard InChI is InChI=1S/C10H11ClO/c11-10-8-4-2-1-3-7(8)5-6-9(10)12/h1-2,4,7,10H,3,5-6H2. The second-order valence-electron chi connectivity index (χ2n) is 3.39. The topological polar surface area (TPSA) is 17.1 Å². The van der Waals surface area contributed by atoms with E-state index < -0.39 is 0 Å². The predicted octanol–water partition coefficient (Wildman–Crippen LogP) is 2.46. The van der Waals surface area contributed by atoms with Crippen molar-refractivity contribution in [1.82, 2.24) is 0 Å². The average Bonchev–Trinajstić information content (AvgIpc) is 2.12. The summed E-state index contributed by atoms with van der Waals surface area (Å²) in [6.45, 7) is 0. The Bertz CT molecular complexity index is 265. The van der Waals surface area contributed by atoms with Crippen LogP contribution in [0.5, 0.6) is 0 Å². The van der Waals surface area contributed by atoms with Crippen LogP contribution in [-0.4, -0.2) is 11.2 Å². The molecule has 1 fully saturated rings. The molecule has 0 N–H and O–H groups in total. The predicted molar refractivity (Wildman–Crippen MR) is 49.2 cm³/mol. The maximum atomic E-state index is 11.3. The highest BCUT2D eigenvalue weighted by atomic mass is 35.5. The van der Waals surface area contributed by atoms with E-state index in [2.05, 4.69) is 6.08 Å². The Morgan fingerprint density at radius 2 is 2.33 bits per heavy atom. The van der Waals surface area contributed by atoms with Crippen LogP contribution in [0.2, 0.25) is 0 Å². The van der Waals surface area contributed by atoms with E-state index in [1.54, 1.807) is 0 Å². The van der Waals surface area contributed by atoms with Crippen molar-refractivity contribution >= 4 is 17.4 Å². The first kappa shape index (κ1) is 8.06. The van der Waals surface area contributed by atoms with Gasteiger partial charge in [0.15, 0.2) is 5.78 Å². The number of hydrogen-bond donors (Lipinski definition) is 0. The van der Waals surface area contributed by atoms with Gasteiger partial charge in [0.2, 0.25) is 0 Å². The van der Waals surface area contributed by atoms with Crippen molar-refractivity contribution in [3.63, 3.8) is 0 Å². The minimum Gasteiger partial charge on any atom is -0.298 e. The van der Waals surface area contributed by atoms with E-state index in [-0.39, 0.29) is 11.2 Å². The molecule has 2 unspecified atom stereocenters. The average molecular weight is 183 g/mol.